The molecule has 0 aliphatic carbocycles. The second-order valence-corrected chi connectivity index (χ2v) is 9.54. The van der Waals surface area contributed by atoms with Gasteiger partial charge in [-0.05, 0) is 39.2 Å². The topological polar surface area (TPSA) is 81.9 Å². The van der Waals surface area contributed by atoms with E-state index in [0.29, 0.717) is 12.1 Å². The molecule has 0 atom stereocenters. The van der Waals surface area contributed by atoms with Crippen molar-refractivity contribution < 1.29 is 35.9 Å². The van der Waals surface area contributed by atoms with E-state index in [-0.39, 0.29) is 21.9 Å². The van der Waals surface area contributed by atoms with Gasteiger partial charge in [0.2, 0.25) is 5.82 Å². The summed E-state index contributed by atoms with van der Waals surface area (Å²) in [5.74, 6) is -1.82. The number of benzene rings is 1. The van der Waals surface area contributed by atoms with E-state index in [4.69, 9.17) is 27.9 Å². The normalized spacial score (nSPS) is 12.8. The molecule has 1 N–H and O–H groups in total. The van der Waals surface area contributed by atoms with Crippen LogP contribution in [0.4, 0.5) is 37.0 Å². The summed E-state index contributed by atoms with van der Waals surface area (Å²) in [5.41, 5.74) is -2.99. The molecule has 35 heavy (non-hydrogen) atoms. The fourth-order valence-corrected chi connectivity index (χ4v) is 4.06. The number of aromatic nitrogens is 4. The van der Waals surface area contributed by atoms with Gasteiger partial charge in [0, 0.05) is 0 Å². The third kappa shape index (κ3) is 5.86. The van der Waals surface area contributed by atoms with Gasteiger partial charge in [0.25, 0.3) is 0 Å². The van der Waals surface area contributed by atoms with Crippen molar-refractivity contribution in [1.82, 2.24) is 19.7 Å². The van der Waals surface area contributed by atoms with Crippen LogP contribution in [0.25, 0.3) is 16.7 Å². The van der Waals surface area contributed by atoms with Crippen LogP contribution in [0, 0.1) is 0 Å². The zero-order valence-electron chi connectivity index (χ0n) is 18.2. The van der Waals surface area contributed by atoms with Crippen molar-refractivity contribution in [2.45, 2.75) is 43.8 Å². The number of nitrogens with zero attached hydrogens (tertiary/aromatic N) is 4. The molecule has 2 heterocycles. The first-order valence-electron chi connectivity index (χ1n) is 9.41. The van der Waals surface area contributed by atoms with Crippen LogP contribution in [0.2, 0.25) is 10.0 Å². The number of carbonyl (C=O) groups excluding carboxylic acids is 1. The van der Waals surface area contributed by atoms with E-state index in [2.05, 4.69) is 20.4 Å². The number of anilines is 1. The highest BCUT2D eigenvalue weighted by atomic mass is 35.5. The first-order chi connectivity index (χ1) is 15.9. The molecule has 0 radical (unpaired) electrons. The molecule has 0 saturated carbocycles. The fraction of sp³-hybridized carbons (Fsp3) is 0.368. The van der Waals surface area contributed by atoms with Crippen LogP contribution < -0.4 is 5.32 Å². The maximum Gasteiger partial charge on any atom is 0.451 e. The number of hydrogen-bond donors (Lipinski definition) is 1. The highest BCUT2D eigenvalue weighted by Crippen LogP contribution is 2.41. The summed E-state index contributed by atoms with van der Waals surface area (Å²) >= 11 is 13.0. The molecule has 16 heteroatoms. The first kappa shape index (κ1) is 27.1. The number of alkyl halides is 6. The molecule has 7 nitrogen and oxygen atoms in total. The monoisotopic (exact) mass is 561 g/mol. The van der Waals surface area contributed by atoms with Gasteiger partial charge in [-0.1, -0.05) is 23.2 Å². The van der Waals surface area contributed by atoms with E-state index in [9.17, 15) is 31.1 Å². The SMILES string of the molecule is CSc1nc(C(F)(F)F)nc2nn(-c3c(Cl)cc(C(F)(F)F)cc3Cl)c(NC(=O)OC(C)(C)C)c12. The van der Waals surface area contributed by atoms with Crippen molar-refractivity contribution in [2.75, 3.05) is 11.6 Å². The Morgan fingerprint density at radius 2 is 1.60 bits per heavy atom. The van der Waals surface area contributed by atoms with E-state index < -0.39 is 51.1 Å². The molecule has 3 rings (SSSR count). The van der Waals surface area contributed by atoms with E-state index in [1.165, 1.54) is 6.26 Å². The van der Waals surface area contributed by atoms with E-state index in [1.54, 1.807) is 20.8 Å². The summed E-state index contributed by atoms with van der Waals surface area (Å²) in [6.45, 7) is 4.70. The van der Waals surface area contributed by atoms with Crippen LogP contribution in [-0.2, 0) is 17.1 Å². The van der Waals surface area contributed by atoms with Crippen molar-refractivity contribution in [2.24, 2.45) is 0 Å². The zero-order valence-corrected chi connectivity index (χ0v) is 20.5. The maximum absolute atomic E-state index is 13.3. The molecule has 2 aromatic heterocycles. The van der Waals surface area contributed by atoms with Crippen molar-refractivity contribution in [3.8, 4) is 5.69 Å². The Kier molecular flexibility index (Phi) is 7.14. The van der Waals surface area contributed by atoms with Gasteiger partial charge in [0.15, 0.2) is 11.5 Å². The van der Waals surface area contributed by atoms with Gasteiger partial charge in [-0.15, -0.1) is 16.9 Å². The summed E-state index contributed by atoms with van der Waals surface area (Å²) in [6, 6.07) is 1.13. The minimum Gasteiger partial charge on any atom is -0.444 e. The average Bonchev–Trinajstić information content (AvgIpc) is 3.01. The predicted octanol–water partition coefficient (Wildman–Crippen LogP) is 7.23. The van der Waals surface area contributed by atoms with Crippen LogP contribution in [0.15, 0.2) is 17.2 Å². The van der Waals surface area contributed by atoms with Crippen LogP contribution in [0.1, 0.15) is 32.2 Å². The van der Waals surface area contributed by atoms with Gasteiger partial charge < -0.3 is 4.74 Å². The molecule has 0 saturated heterocycles. The highest BCUT2D eigenvalue weighted by molar-refractivity contribution is 7.98. The number of hydrogen-bond acceptors (Lipinski definition) is 6. The molecule has 3 aromatic rings. The minimum absolute atomic E-state index is 0.136. The largest absolute Gasteiger partial charge is 0.451 e. The number of nitrogens with one attached hydrogen (secondary N) is 1. The molecule has 0 spiro atoms. The highest BCUT2D eigenvalue weighted by Gasteiger charge is 2.37. The fourth-order valence-electron chi connectivity index (χ4n) is 2.84. The lowest BCUT2D eigenvalue weighted by Crippen LogP contribution is -2.28. The lowest BCUT2D eigenvalue weighted by Gasteiger charge is -2.20. The number of fused-ring (bicyclic) bond motifs is 1. The Morgan fingerprint density at radius 3 is 2.06 bits per heavy atom. The third-order valence-corrected chi connectivity index (χ3v) is 5.38. The van der Waals surface area contributed by atoms with Gasteiger partial charge >= 0.3 is 18.4 Å². The molecule has 1 amide bonds. The molecule has 0 aliphatic rings. The van der Waals surface area contributed by atoms with Gasteiger partial charge in [0.1, 0.15) is 16.3 Å². The molecule has 1 aromatic carbocycles. The van der Waals surface area contributed by atoms with E-state index >= 15 is 0 Å². The predicted molar refractivity (Wildman–Crippen MR) is 118 cm³/mol. The number of halogens is 8. The van der Waals surface area contributed by atoms with Crippen LogP contribution in [-0.4, -0.2) is 37.7 Å². The summed E-state index contributed by atoms with van der Waals surface area (Å²) in [7, 11) is 0. The minimum atomic E-state index is -4.93. The van der Waals surface area contributed by atoms with Crippen molar-refractivity contribution in [1.29, 1.82) is 0 Å². The molecule has 0 aliphatic heterocycles. The maximum atomic E-state index is 13.3. The summed E-state index contributed by atoms with van der Waals surface area (Å²) in [6.07, 6.45) is -9.32. The second kappa shape index (κ2) is 9.21. The Labute approximate surface area is 208 Å². The van der Waals surface area contributed by atoms with Crippen LogP contribution >= 0.6 is 35.0 Å². The number of carbonyl (C=O) groups is 1. The number of ether oxygens (including phenoxy) is 1. The lowest BCUT2D eigenvalue weighted by molar-refractivity contribution is -0.145. The molecular weight excluding hydrogens is 547 g/mol. The van der Waals surface area contributed by atoms with Gasteiger partial charge in [-0.25, -0.2) is 19.4 Å². The molecule has 190 valence electrons. The Bertz CT molecular complexity index is 1280. The van der Waals surface area contributed by atoms with Gasteiger partial charge in [-0.2, -0.15) is 26.3 Å². The third-order valence-electron chi connectivity index (χ3n) is 4.12. The average molecular weight is 562 g/mol. The summed E-state index contributed by atoms with van der Waals surface area (Å²) in [4.78, 5) is 19.4. The Balaban J connectivity index is 2.35. The number of thioether (sulfide) groups is 1. The summed E-state index contributed by atoms with van der Waals surface area (Å²) in [5, 5.41) is 4.86. The van der Waals surface area contributed by atoms with E-state index in [0.717, 1.165) is 16.4 Å². The summed E-state index contributed by atoms with van der Waals surface area (Å²) < 4.78 is 85.5. The molecule has 0 unspecified atom stereocenters. The smallest absolute Gasteiger partial charge is 0.444 e. The van der Waals surface area contributed by atoms with Crippen molar-refractivity contribution in [3.63, 3.8) is 0 Å². The molecule has 0 fully saturated rings. The zero-order chi connectivity index (χ0) is 26.5. The lowest BCUT2D eigenvalue weighted by atomic mass is 10.2. The van der Waals surface area contributed by atoms with Gasteiger partial charge in [0.05, 0.1) is 21.0 Å². The molecular formula is C19H15Cl2F6N5O2S. The Morgan fingerprint density at radius 1 is 1.03 bits per heavy atom. The van der Waals surface area contributed by atoms with Crippen molar-refractivity contribution >= 4 is 57.9 Å². The van der Waals surface area contributed by atoms with Crippen LogP contribution in [0.3, 0.4) is 0 Å². The second-order valence-electron chi connectivity index (χ2n) is 7.93. The number of rotatable bonds is 3. The van der Waals surface area contributed by atoms with E-state index in [1.807, 2.05) is 0 Å². The van der Waals surface area contributed by atoms with Gasteiger partial charge in [-0.3, -0.25) is 5.32 Å². The standard InChI is InChI=1S/C19H15Cl2F6N5O2S/c1-17(2,3)34-16(33)29-13-10-12(28-15(19(25,26)27)30-14(10)35-4)31-32(13)11-8(20)5-7(6-9(11)21)18(22,23)24/h5-6H,1-4H3,(H,29,33). The van der Waals surface area contributed by atoms with Crippen LogP contribution in [0.5, 0.6) is 0 Å². The molecule has 0 bridgehead atoms. The Hall–Kier alpha value is -2.45. The quantitative estimate of drug-likeness (QED) is 0.206. The van der Waals surface area contributed by atoms with Crippen molar-refractivity contribution in [3.05, 3.63) is 33.6 Å². The first-order valence-corrected chi connectivity index (χ1v) is 11.4. The number of amides is 1.